The van der Waals surface area contributed by atoms with E-state index in [0.717, 1.165) is 0 Å². The van der Waals surface area contributed by atoms with Crippen molar-refractivity contribution in [2.24, 2.45) is 5.41 Å². The lowest BCUT2D eigenvalue weighted by molar-refractivity contribution is -0.151. The van der Waals surface area contributed by atoms with Gasteiger partial charge in [0.15, 0.2) is 5.41 Å². The third-order valence-corrected chi connectivity index (χ3v) is 1.71. The van der Waals surface area contributed by atoms with Crippen molar-refractivity contribution in [3.05, 3.63) is 0 Å². The first-order valence-corrected chi connectivity index (χ1v) is 3.02. The van der Waals surface area contributed by atoms with Crippen LogP contribution in [-0.4, -0.2) is 26.2 Å². The van der Waals surface area contributed by atoms with Gasteiger partial charge < -0.3 is 10.1 Å². The summed E-state index contributed by atoms with van der Waals surface area (Å²) < 4.78 is 4.53. The molecule has 0 aromatic carbocycles. The molecule has 1 fully saturated rings. The first kappa shape index (κ1) is 7.10. The molecule has 0 aromatic rings. The highest BCUT2D eigenvalue weighted by molar-refractivity contribution is 5.82. The lowest BCUT2D eigenvalue weighted by atomic mass is 9.83. The Hall–Kier alpha value is -1.01. The summed E-state index contributed by atoms with van der Waals surface area (Å²) in [7, 11) is 1.35. The van der Waals surface area contributed by atoms with E-state index in [0.29, 0.717) is 13.1 Å². The van der Waals surface area contributed by atoms with E-state index in [2.05, 4.69) is 16.0 Å². The van der Waals surface area contributed by atoms with E-state index in [1.54, 1.807) is 0 Å². The van der Waals surface area contributed by atoms with Crippen molar-refractivity contribution in [3.8, 4) is 12.3 Å². The molecule has 0 spiro atoms. The highest BCUT2D eigenvalue weighted by Crippen LogP contribution is 2.22. The van der Waals surface area contributed by atoms with E-state index in [1.807, 2.05) is 0 Å². The Labute approximate surface area is 59.7 Å². The highest BCUT2D eigenvalue weighted by atomic mass is 16.5. The quantitative estimate of drug-likeness (QED) is 0.389. The van der Waals surface area contributed by atoms with Crippen molar-refractivity contribution >= 4 is 5.97 Å². The van der Waals surface area contributed by atoms with Crippen LogP contribution in [0, 0.1) is 17.8 Å². The van der Waals surface area contributed by atoms with Gasteiger partial charge in [0.05, 0.1) is 7.11 Å². The summed E-state index contributed by atoms with van der Waals surface area (Å²) in [6.45, 7) is 1.08. The van der Waals surface area contributed by atoms with Crippen molar-refractivity contribution in [2.75, 3.05) is 20.2 Å². The number of ether oxygens (including phenoxy) is 1. The molecule has 1 saturated heterocycles. The van der Waals surface area contributed by atoms with Crippen molar-refractivity contribution < 1.29 is 9.53 Å². The zero-order chi connectivity index (χ0) is 7.61. The first-order chi connectivity index (χ1) is 4.75. The van der Waals surface area contributed by atoms with Crippen LogP contribution < -0.4 is 5.32 Å². The standard InChI is InChI=1S/C7H9NO2/c1-3-7(4-8-5-7)6(9)10-2/h1,8H,4-5H2,2H3. The number of terminal acetylenes is 1. The fourth-order valence-corrected chi connectivity index (χ4v) is 0.876. The average molecular weight is 139 g/mol. The van der Waals surface area contributed by atoms with Gasteiger partial charge in [-0.05, 0) is 0 Å². The van der Waals surface area contributed by atoms with Gasteiger partial charge in [-0.1, -0.05) is 5.92 Å². The van der Waals surface area contributed by atoms with Crippen LogP contribution in [0.4, 0.5) is 0 Å². The predicted molar refractivity (Wildman–Crippen MR) is 36.2 cm³/mol. The Morgan fingerprint density at radius 1 is 1.80 bits per heavy atom. The zero-order valence-electron chi connectivity index (χ0n) is 5.81. The third kappa shape index (κ3) is 0.775. The largest absolute Gasteiger partial charge is 0.468 e. The molecule has 0 aromatic heterocycles. The molecular weight excluding hydrogens is 130 g/mol. The smallest absolute Gasteiger partial charge is 0.326 e. The van der Waals surface area contributed by atoms with Gasteiger partial charge in [-0.25, -0.2) is 0 Å². The molecule has 1 aliphatic rings. The molecule has 0 aliphatic carbocycles. The molecule has 3 heteroatoms. The van der Waals surface area contributed by atoms with Crippen LogP contribution >= 0.6 is 0 Å². The van der Waals surface area contributed by atoms with Crippen LogP contribution in [0.25, 0.3) is 0 Å². The Morgan fingerprint density at radius 3 is 2.50 bits per heavy atom. The van der Waals surface area contributed by atoms with Crippen LogP contribution in [0.5, 0.6) is 0 Å². The minimum Gasteiger partial charge on any atom is -0.468 e. The van der Waals surface area contributed by atoms with Gasteiger partial charge in [0.2, 0.25) is 0 Å². The molecule has 0 atom stereocenters. The Morgan fingerprint density at radius 2 is 2.40 bits per heavy atom. The molecular formula is C7H9NO2. The minimum absolute atomic E-state index is 0.311. The monoisotopic (exact) mass is 139 g/mol. The maximum atomic E-state index is 10.9. The number of carbonyl (C=O) groups excluding carboxylic acids is 1. The molecule has 0 saturated carbocycles. The van der Waals surface area contributed by atoms with E-state index in [1.165, 1.54) is 7.11 Å². The lowest BCUT2D eigenvalue weighted by Crippen LogP contribution is -2.57. The van der Waals surface area contributed by atoms with E-state index in [9.17, 15) is 4.79 Å². The number of hydrogen-bond acceptors (Lipinski definition) is 3. The van der Waals surface area contributed by atoms with Crippen molar-refractivity contribution in [3.63, 3.8) is 0 Å². The van der Waals surface area contributed by atoms with Crippen LogP contribution in [0.3, 0.4) is 0 Å². The lowest BCUT2D eigenvalue weighted by Gasteiger charge is -2.34. The normalized spacial score (nSPS) is 20.4. The van der Waals surface area contributed by atoms with Gasteiger partial charge in [0.1, 0.15) is 0 Å². The summed E-state index contributed by atoms with van der Waals surface area (Å²) in [6.07, 6.45) is 5.15. The maximum Gasteiger partial charge on any atom is 0.326 e. The molecule has 1 rings (SSSR count). The predicted octanol–water partition coefficient (Wildman–Crippen LogP) is -0.618. The van der Waals surface area contributed by atoms with Gasteiger partial charge in [0, 0.05) is 13.1 Å². The molecule has 10 heavy (non-hydrogen) atoms. The Balaban J connectivity index is 2.67. The van der Waals surface area contributed by atoms with Crippen molar-refractivity contribution in [1.82, 2.24) is 5.32 Å². The van der Waals surface area contributed by atoms with E-state index in [-0.39, 0.29) is 5.97 Å². The fourth-order valence-electron chi connectivity index (χ4n) is 0.876. The van der Waals surface area contributed by atoms with E-state index < -0.39 is 5.41 Å². The second kappa shape index (κ2) is 2.31. The number of rotatable bonds is 1. The number of hydrogen-bond donors (Lipinski definition) is 1. The summed E-state index contributed by atoms with van der Waals surface area (Å²) in [6, 6.07) is 0. The number of nitrogens with one attached hydrogen (secondary N) is 1. The summed E-state index contributed by atoms with van der Waals surface area (Å²) >= 11 is 0. The van der Waals surface area contributed by atoms with Gasteiger partial charge in [-0.3, -0.25) is 4.79 Å². The first-order valence-electron chi connectivity index (χ1n) is 3.02. The number of methoxy groups -OCH3 is 1. The van der Waals surface area contributed by atoms with Gasteiger partial charge >= 0.3 is 5.97 Å². The average Bonchev–Trinajstić information content (AvgIpc) is 1.86. The summed E-state index contributed by atoms with van der Waals surface area (Å²) in [5.41, 5.74) is -0.672. The second-order valence-electron chi connectivity index (χ2n) is 2.32. The summed E-state index contributed by atoms with van der Waals surface area (Å²) in [4.78, 5) is 10.9. The van der Waals surface area contributed by atoms with E-state index >= 15 is 0 Å². The van der Waals surface area contributed by atoms with Crippen LogP contribution in [0.15, 0.2) is 0 Å². The van der Waals surface area contributed by atoms with Gasteiger partial charge in [0.25, 0.3) is 0 Å². The topological polar surface area (TPSA) is 38.3 Å². The molecule has 1 heterocycles. The minimum atomic E-state index is -0.672. The van der Waals surface area contributed by atoms with Crippen molar-refractivity contribution in [2.45, 2.75) is 0 Å². The van der Waals surface area contributed by atoms with E-state index in [4.69, 9.17) is 6.42 Å². The highest BCUT2D eigenvalue weighted by Gasteiger charge is 2.43. The molecule has 0 bridgehead atoms. The Bertz CT molecular complexity index is 188. The zero-order valence-corrected chi connectivity index (χ0v) is 5.81. The van der Waals surface area contributed by atoms with Crippen molar-refractivity contribution in [1.29, 1.82) is 0 Å². The van der Waals surface area contributed by atoms with Crippen LogP contribution in [-0.2, 0) is 9.53 Å². The molecule has 1 aliphatic heterocycles. The summed E-state index contributed by atoms with van der Waals surface area (Å²) in [5, 5.41) is 2.92. The second-order valence-corrected chi connectivity index (χ2v) is 2.32. The molecule has 0 amide bonds. The summed E-state index contributed by atoms with van der Waals surface area (Å²) in [5.74, 6) is 2.12. The Kier molecular flexibility index (Phi) is 1.64. The van der Waals surface area contributed by atoms with Gasteiger partial charge in [-0.2, -0.15) is 0 Å². The van der Waals surface area contributed by atoms with Crippen LogP contribution in [0.2, 0.25) is 0 Å². The molecule has 3 nitrogen and oxygen atoms in total. The number of carbonyl (C=O) groups is 1. The number of esters is 1. The molecule has 0 radical (unpaired) electrons. The fraction of sp³-hybridized carbons (Fsp3) is 0.571. The molecule has 1 N–H and O–H groups in total. The van der Waals surface area contributed by atoms with Crippen LogP contribution in [0.1, 0.15) is 0 Å². The van der Waals surface area contributed by atoms with Gasteiger partial charge in [-0.15, -0.1) is 6.42 Å². The maximum absolute atomic E-state index is 10.9. The third-order valence-electron chi connectivity index (χ3n) is 1.71. The molecule has 54 valence electrons. The molecule has 0 unspecified atom stereocenters. The SMILES string of the molecule is C#CC1(C(=O)OC)CNC1.